The van der Waals surface area contributed by atoms with E-state index in [4.69, 9.17) is 6.42 Å². The summed E-state index contributed by atoms with van der Waals surface area (Å²) in [5, 5.41) is 2.96. The SMILES string of the molecule is C#CC(CC)(CC)NC(=O)C1CCN(S(=O)(=O)c2ccc(F)cc2)CC1. The van der Waals surface area contributed by atoms with Gasteiger partial charge in [0.05, 0.1) is 4.90 Å². The fraction of sp³-hybridized carbons (Fsp3) is 0.526. The summed E-state index contributed by atoms with van der Waals surface area (Å²) in [6.45, 7) is 4.36. The second-order valence-electron chi connectivity index (χ2n) is 6.56. The van der Waals surface area contributed by atoms with Crippen LogP contribution in [0, 0.1) is 24.1 Å². The number of sulfonamides is 1. The number of hydrogen-bond acceptors (Lipinski definition) is 3. The zero-order chi connectivity index (χ0) is 19.4. The number of carbonyl (C=O) groups excluding carboxylic acids is 1. The molecule has 1 heterocycles. The van der Waals surface area contributed by atoms with Crippen LogP contribution in [0.5, 0.6) is 0 Å². The maximum absolute atomic E-state index is 13.0. The first kappa shape index (κ1) is 20.4. The van der Waals surface area contributed by atoms with Gasteiger partial charge in [-0.1, -0.05) is 19.8 Å². The van der Waals surface area contributed by atoms with Crippen molar-refractivity contribution in [2.24, 2.45) is 5.92 Å². The van der Waals surface area contributed by atoms with E-state index in [2.05, 4.69) is 11.2 Å². The van der Waals surface area contributed by atoms with Crippen LogP contribution in [0.25, 0.3) is 0 Å². The lowest BCUT2D eigenvalue weighted by Gasteiger charge is -2.33. The molecule has 0 unspecified atom stereocenters. The number of halogens is 1. The average Bonchev–Trinajstić information content (AvgIpc) is 2.66. The Bertz CT molecular complexity index is 772. The van der Waals surface area contributed by atoms with Crippen LogP contribution in [0.3, 0.4) is 0 Å². The number of rotatable bonds is 6. The Labute approximate surface area is 155 Å². The molecule has 1 aliphatic rings. The predicted octanol–water partition coefficient (Wildman–Crippen LogP) is 2.53. The highest BCUT2D eigenvalue weighted by molar-refractivity contribution is 7.89. The number of carbonyl (C=O) groups is 1. The maximum atomic E-state index is 13.0. The zero-order valence-electron chi connectivity index (χ0n) is 15.2. The first-order chi connectivity index (χ1) is 12.3. The van der Waals surface area contributed by atoms with E-state index in [1.54, 1.807) is 0 Å². The van der Waals surface area contributed by atoms with Crippen LogP contribution < -0.4 is 5.32 Å². The van der Waals surface area contributed by atoms with Crippen molar-refractivity contribution in [3.63, 3.8) is 0 Å². The van der Waals surface area contributed by atoms with Crippen LogP contribution in [0.4, 0.5) is 4.39 Å². The van der Waals surface area contributed by atoms with E-state index in [0.29, 0.717) is 25.7 Å². The minimum atomic E-state index is -3.67. The molecule has 2 rings (SSSR count). The molecule has 0 saturated carbocycles. The first-order valence-corrected chi connectivity index (χ1v) is 10.3. The molecule has 1 aliphatic heterocycles. The fourth-order valence-electron chi connectivity index (χ4n) is 3.12. The van der Waals surface area contributed by atoms with E-state index in [0.717, 1.165) is 12.1 Å². The zero-order valence-corrected chi connectivity index (χ0v) is 16.0. The number of hydrogen-bond donors (Lipinski definition) is 1. The van der Waals surface area contributed by atoms with Gasteiger partial charge in [0, 0.05) is 19.0 Å². The van der Waals surface area contributed by atoms with Crippen molar-refractivity contribution in [2.75, 3.05) is 13.1 Å². The summed E-state index contributed by atoms with van der Waals surface area (Å²) in [5.41, 5.74) is -0.644. The van der Waals surface area contributed by atoms with Gasteiger partial charge < -0.3 is 5.32 Å². The second-order valence-corrected chi connectivity index (χ2v) is 8.49. The standard InChI is InChI=1S/C19H25FN2O3S/c1-4-19(5-2,6-3)21-18(23)15-11-13-22(14-12-15)26(24,25)17-9-7-16(20)8-10-17/h1,7-10,15H,5-6,11-14H2,2-3H3,(H,21,23). The quantitative estimate of drug-likeness (QED) is 0.772. The first-order valence-electron chi connectivity index (χ1n) is 8.83. The molecular formula is C19H25FN2O3S. The van der Waals surface area contributed by atoms with E-state index in [9.17, 15) is 17.6 Å². The molecule has 1 saturated heterocycles. The smallest absolute Gasteiger partial charge is 0.243 e. The molecule has 0 spiro atoms. The lowest BCUT2D eigenvalue weighted by Crippen LogP contribution is -2.51. The van der Waals surface area contributed by atoms with E-state index in [1.807, 2.05) is 13.8 Å². The van der Waals surface area contributed by atoms with Gasteiger partial charge in [0.25, 0.3) is 0 Å². The summed E-state index contributed by atoms with van der Waals surface area (Å²) in [4.78, 5) is 12.6. The van der Waals surface area contributed by atoms with Gasteiger partial charge in [-0.05, 0) is 49.9 Å². The molecular weight excluding hydrogens is 355 g/mol. The largest absolute Gasteiger partial charge is 0.340 e. The highest BCUT2D eigenvalue weighted by atomic mass is 32.2. The van der Waals surface area contributed by atoms with Gasteiger partial charge in [0.1, 0.15) is 11.4 Å². The summed E-state index contributed by atoms with van der Waals surface area (Å²) < 4.78 is 39.6. The van der Waals surface area contributed by atoms with Crippen LogP contribution in [-0.4, -0.2) is 37.3 Å². The van der Waals surface area contributed by atoms with Gasteiger partial charge in [-0.25, -0.2) is 12.8 Å². The number of benzene rings is 1. The normalized spacial score (nSPS) is 16.8. The Hall–Kier alpha value is -1.91. The Kier molecular flexibility index (Phi) is 6.43. The molecule has 7 heteroatoms. The van der Waals surface area contributed by atoms with Gasteiger partial charge >= 0.3 is 0 Å². The number of nitrogens with one attached hydrogen (secondary N) is 1. The highest BCUT2D eigenvalue weighted by Crippen LogP contribution is 2.25. The summed E-state index contributed by atoms with van der Waals surface area (Å²) in [7, 11) is -3.67. The molecule has 142 valence electrons. The molecule has 1 amide bonds. The van der Waals surface area contributed by atoms with Crippen LogP contribution >= 0.6 is 0 Å². The molecule has 0 radical (unpaired) electrons. The summed E-state index contributed by atoms with van der Waals surface area (Å²) in [6, 6.07) is 4.77. The van der Waals surface area contributed by atoms with Crippen LogP contribution in [0.15, 0.2) is 29.2 Å². The average molecular weight is 380 g/mol. The van der Waals surface area contributed by atoms with Gasteiger partial charge in [-0.3, -0.25) is 4.79 Å². The monoisotopic (exact) mass is 380 g/mol. The van der Waals surface area contributed by atoms with Gasteiger partial charge in [0.15, 0.2) is 0 Å². The molecule has 0 atom stereocenters. The summed E-state index contributed by atoms with van der Waals surface area (Å²) in [6.07, 6.45) is 7.73. The molecule has 0 aliphatic carbocycles. The van der Waals surface area contributed by atoms with E-state index < -0.39 is 21.4 Å². The number of piperidine rings is 1. The minimum Gasteiger partial charge on any atom is -0.340 e. The Morgan fingerprint density at radius 1 is 1.27 bits per heavy atom. The Morgan fingerprint density at radius 2 is 1.81 bits per heavy atom. The van der Waals surface area contributed by atoms with E-state index in [1.165, 1.54) is 16.4 Å². The Balaban J connectivity index is 2.01. The predicted molar refractivity (Wildman–Crippen MR) is 98.2 cm³/mol. The van der Waals surface area contributed by atoms with Gasteiger partial charge in [-0.2, -0.15) is 4.31 Å². The van der Waals surface area contributed by atoms with E-state index >= 15 is 0 Å². The van der Waals surface area contributed by atoms with Crippen molar-refractivity contribution in [3.05, 3.63) is 30.1 Å². The van der Waals surface area contributed by atoms with Crippen molar-refractivity contribution in [1.82, 2.24) is 9.62 Å². The van der Waals surface area contributed by atoms with Crippen molar-refractivity contribution in [3.8, 4) is 12.3 Å². The summed E-state index contributed by atoms with van der Waals surface area (Å²) in [5.74, 6) is 1.81. The van der Waals surface area contributed by atoms with Crippen LogP contribution in [-0.2, 0) is 14.8 Å². The molecule has 26 heavy (non-hydrogen) atoms. The maximum Gasteiger partial charge on any atom is 0.243 e. The number of nitrogens with zero attached hydrogens (tertiary/aromatic N) is 1. The number of terminal acetylenes is 1. The third-order valence-corrected chi connectivity index (χ3v) is 7.03. The topological polar surface area (TPSA) is 66.5 Å². The van der Waals surface area contributed by atoms with E-state index in [-0.39, 0.29) is 29.8 Å². The lowest BCUT2D eigenvalue weighted by molar-refractivity contribution is -0.127. The molecule has 1 fully saturated rings. The molecule has 0 bridgehead atoms. The molecule has 5 nitrogen and oxygen atoms in total. The van der Waals surface area contributed by atoms with Crippen molar-refractivity contribution in [1.29, 1.82) is 0 Å². The third-order valence-electron chi connectivity index (χ3n) is 5.12. The molecule has 0 aromatic heterocycles. The van der Waals surface area contributed by atoms with Crippen LogP contribution in [0.1, 0.15) is 39.5 Å². The minimum absolute atomic E-state index is 0.0603. The van der Waals surface area contributed by atoms with Crippen molar-refractivity contribution in [2.45, 2.75) is 50.0 Å². The number of amides is 1. The fourth-order valence-corrected chi connectivity index (χ4v) is 4.59. The highest BCUT2D eigenvalue weighted by Gasteiger charge is 2.34. The summed E-state index contributed by atoms with van der Waals surface area (Å²) >= 11 is 0. The van der Waals surface area contributed by atoms with Gasteiger partial charge in [-0.15, -0.1) is 6.42 Å². The lowest BCUT2D eigenvalue weighted by atomic mass is 9.90. The molecule has 1 N–H and O–H groups in total. The van der Waals surface area contributed by atoms with Gasteiger partial charge in [0.2, 0.25) is 15.9 Å². The molecule has 1 aromatic rings. The van der Waals surface area contributed by atoms with Crippen molar-refractivity contribution < 1.29 is 17.6 Å². The molecule has 1 aromatic carbocycles. The third kappa shape index (κ3) is 4.25. The second kappa shape index (κ2) is 8.19. The van der Waals surface area contributed by atoms with Crippen molar-refractivity contribution >= 4 is 15.9 Å². The Morgan fingerprint density at radius 3 is 2.27 bits per heavy atom. The van der Waals surface area contributed by atoms with Crippen LogP contribution in [0.2, 0.25) is 0 Å².